The summed E-state index contributed by atoms with van der Waals surface area (Å²) < 4.78 is 0. The molecule has 1 saturated heterocycles. The summed E-state index contributed by atoms with van der Waals surface area (Å²) in [5.41, 5.74) is 0.668. The van der Waals surface area contributed by atoms with Crippen molar-refractivity contribution in [2.24, 2.45) is 5.41 Å². The molecule has 1 N–H and O–H groups in total. The highest BCUT2D eigenvalue weighted by Crippen LogP contribution is 2.41. The lowest BCUT2D eigenvalue weighted by molar-refractivity contribution is 0.144. The Labute approximate surface area is 114 Å². The van der Waals surface area contributed by atoms with E-state index >= 15 is 0 Å². The third-order valence-corrected chi connectivity index (χ3v) is 5.17. The smallest absolute Gasteiger partial charge is 0.0194 e. The first kappa shape index (κ1) is 14.3. The van der Waals surface area contributed by atoms with Crippen molar-refractivity contribution in [2.75, 3.05) is 26.2 Å². The van der Waals surface area contributed by atoms with Crippen molar-refractivity contribution < 1.29 is 0 Å². The Hall–Kier alpha value is -0.0800. The summed E-state index contributed by atoms with van der Waals surface area (Å²) in [5.74, 6) is 0. The van der Waals surface area contributed by atoms with Gasteiger partial charge < -0.3 is 10.2 Å². The molecule has 2 heteroatoms. The van der Waals surface area contributed by atoms with Crippen molar-refractivity contribution >= 4 is 0 Å². The fourth-order valence-electron chi connectivity index (χ4n) is 3.98. The highest BCUT2D eigenvalue weighted by Gasteiger charge is 2.34. The van der Waals surface area contributed by atoms with E-state index in [1.54, 1.807) is 0 Å². The quantitative estimate of drug-likeness (QED) is 0.806. The van der Waals surface area contributed by atoms with Crippen LogP contribution in [0.2, 0.25) is 0 Å². The van der Waals surface area contributed by atoms with Gasteiger partial charge in [0.15, 0.2) is 0 Å². The van der Waals surface area contributed by atoms with Crippen LogP contribution in [0.3, 0.4) is 0 Å². The highest BCUT2D eigenvalue weighted by molar-refractivity contribution is 4.88. The van der Waals surface area contributed by atoms with Gasteiger partial charge in [-0.3, -0.25) is 0 Å². The molecule has 0 bridgehead atoms. The molecule has 1 unspecified atom stereocenters. The summed E-state index contributed by atoms with van der Waals surface area (Å²) >= 11 is 0. The van der Waals surface area contributed by atoms with E-state index in [2.05, 4.69) is 24.1 Å². The van der Waals surface area contributed by atoms with Gasteiger partial charge in [0, 0.05) is 19.1 Å². The van der Waals surface area contributed by atoms with Crippen LogP contribution in [0.4, 0.5) is 0 Å². The van der Waals surface area contributed by atoms with Crippen LogP contribution in [0, 0.1) is 5.41 Å². The van der Waals surface area contributed by atoms with Crippen LogP contribution in [0.15, 0.2) is 0 Å². The predicted molar refractivity (Wildman–Crippen MR) is 78.9 cm³/mol. The number of hydrogen-bond acceptors (Lipinski definition) is 2. The molecule has 2 nitrogen and oxygen atoms in total. The van der Waals surface area contributed by atoms with Gasteiger partial charge >= 0.3 is 0 Å². The summed E-state index contributed by atoms with van der Waals surface area (Å²) in [6.07, 6.45) is 11.3. The average molecular weight is 252 g/mol. The zero-order chi connectivity index (χ0) is 12.8. The molecule has 2 aliphatic rings. The van der Waals surface area contributed by atoms with E-state index in [9.17, 15) is 0 Å². The van der Waals surface area contributed by atoms with Crippen LogP contribution < -0.4 is 5.32 Å². The minimum atomic E-state index is 0.668. The second-order valence-corrected chi connectivity index (χ2v) is 6.59. The minimum Gasteiger partial charge on any atom is -0.313 e. The summed E-state index contributed by atoms with van der Waals surface area (Å²) in [4.78, 5) is 2.77. The van der Waals surface area contributed by atoms with E-state index in [-0.39, 0.29) is 0 Å². The number of hydrogen-bond donors (Lipinski definition) is 1. The minimum absolute atomic E-state index is 0.668. The SMILES string of the molecule is CCCC1CN(CC2(CC)CCCC2)CCCN1. The summed E-state index contributed by atoms with van der Waals surface area (Å²) in [7, 11) is 0. The van der Waals surface area contributed by atoms with Crippen molar-refractivity contribution in [3.05, 3.63) is 0 Å². The van der Waals surface area contributed by atoms with Gasteiger partial charge in [0.2, 0.25) is 0 Å². The van der Waals surface area contributed by atoms with Gasteiger partial charge in [0.25, 0.3) is 0 Å². The van der Waals surface area contributed by atoms with E-state index in [1.807, 2.05) is 0 Å². The predicted octanol–water partition coefficient (Wildman–Crippen LogP) is 3.42. The third-order valence-electron chi connectivity index (χ3n) is 5.17. The maximum absolute atomic E-state index is 3.73. The Kier molecular flexibility index (Phi) is 5.50. The molecule has 0 aromatic heterocycles. The Bertz CT molecular complexity index is 233. The molecular weight excluding hydrogens is 220 g/mol. The van der Waals surface area contributed by atoms with Crippen LogP contribution in [-0.4, -0.2) is 37.1 Å². The summed E-state index contributed by atoms with van der Waals surface area (Å²) in [6, 6.07) is 0.743. The molecule has 2 rings (SSSR count). The monoisotopic (exact) mass is 252 g/mol. The molecule has 0 spiro atoms. The molecule has 0 aromatic carbocycles. The van der Waals surface area contributed by atoms with Gasteiger partial charge in [0.1, 0.15) is 0 Å². The maximum atomic E-state index is 3.73. The summed E-state index contributed by atoms with van der Waals surface area (Å²) in [6.45, 7) is 9.91. The lowest BCUT2D eigenvalue weighted by atomic mass is 9.82. The zero-order valence-electron chi connectivity index (χ0n) is 12.5. The molecule has 0 radical (unpaired) electrons. The first-order valence-electron chi connectivity index (χ1n) is 8.24. The van der Waals surface area contributed by atoms with Gasteiger partial charge in [0.05, 0.1) is 0 Å². The number of rotatable bonds is 5. The molecule has 1 aliphatic heterocycles. The largest absolute Gasteiger partial charge is 0.313 e. The van der Waals surface area contributed by atoms with Gasteiger partial charge in [-0.15, -0.1) is 0 Å². The number of nitrogens with zero attached hydrogens (tertiary/aromatic N) is 1. The molecule has 106 valence electrons. The first-order valence-corrected chi connectivity index (χ1v) is 8.24. The Morgan fingerprint density at radius 3 is 2.61 bits per heavy atom. The normalized spacial score (nSPS) is 29.3. The standard InChI is InChI=1S/C16H32N2/c1-3-8-15-13-18(12-7-11-17-15)14-16(4-2)9-5-6-10-16/h15,17H,3-14H2,1-2H3. The van der Waals surface area contributed by atoms with Crippen LogP contribution >= 0.6 is 0 Å². The lowest BCUT2D eigenvalue weighted by Crippen LogP contribution is -2.42. The van der Waals surface area contributed by atoms with Crippen molar-refractivity contribution in [3.63, 3.8) is 0 Å². The molecular formula is C16H32N2. The van der Waals surface area contributed by atoms with Crippen LogP contribution in [0.1, 0.15) is 65.2 Å². The zero-order valence-corrected chi connectivity index (χ0v) is 12.5. The number of nitrogens with one attached hydrogen (secondary N) is 1. The van der Waals surface area contributed by atoms with Gasteiger partial charge in [-0.05, 0) is 50.6 Å². The van der Waals surface area contributed by atoms with Crippen molar-refractivity contribution in [1.29, 1.82) is 0 Å². The van der Waals surface area contributed by atoms with E-state index in [1.165, 1.54) is 77.5 Å². The molecule has 0 amide bonds. The average Bonchev–Trinajstić information content (AvgIpc) is 2.73. The molecule has 18 heavy (non-hydrogen) atoms. The molecule has 0 aromatic rings. The Morgan fingerprint density at radius 2 is 1.94 bits per heavy atom. The fraction of sp³-hybridized carbons (Fsp3) is 1.00. The Morgan fingerprint density at radius 1 is 1.17 bits per heavy atom. The van der Waals surface area contributed by atoms with Crippen molar-refractivity contribution in [2.45, 2.75) is 71.3 Å². The second-order valence-electron chi connectivity index (χ2n) is 6.59. The fourth-order valence-corrected chi connectivity index (χ4v) is 3.98. The molecule has 1 saturated carbocycles. The van der Waals surface area contributed by atoms with Crippen LogP contribution in [-0.2, 0) is 0 Å². The molecule has 1 heterocycles. The van der Waals surface area contributed by atoms with E-state index in [0.717, 1.165) is 6.04 Å². The molecule has 2 fully saturated rings. The van der Waals surface area contributed by atoms with E-state index in [4.69, 9.17) is 0 Å². The van der Waals surface area contributed by atoms with Crippen LogP contribution in [0.25, 0.3) is 0 Å². The lowest BCUT2D eigenvalue weighted by Gasteiger charge is -2.35. The molecule has 1 atom stereocenters. The second kappa shape index (κ2) is 6.91. The summed E-state index contributed by atoms with van der Waals surface area (Å²) in [5, 5.41) is 3.73. The van der Waals surface area contributed by atoms with E-state index in [0.29, 0.717) is 5.41 Å². The molecule has 1 aliphatic carbocycles. The van der Waals surface area contributed by atoms with Crippen LogP contribution in [0.5, 0.6) is 0 Å². The maximum Gasteiger partial charge on any atom is 0.0194 e. The van der Waals surface area contributed by atoms with Gasteiger partial charge in [-0.25, -0.2) is 0 Å². The first-order chi connectivity index (χ1) is 8.78. The highest BCUT2D eigenvalue weighted by atomic mass is 15.2. The van der Waals surface area contributed by atoms with Crippen molar-refractivity contribution in [1.82, 2.24) is 10.2 Å². The topological polar surface area (TPSA) is 15.3 Å². The third kappa shape index (κ3) is 3.71. The van der Waals surface area contributed by atoms with E-state index < -0.39 is 0 Å². The van der Waals surface area contributed by atoms with Gasteiger partial charge in [-0.2, -0.15) is 0 Å². The van der Waals surface area contributed by atoms with Crippen molar-refractivity contribution in [3.8, 4) is 0 Å². The Balaban J connectivity index is 1.89. The van der Waals surface area contributed by atoms with Gasteiger partial charge in [-0.1, -0.05) is 33.1 Å².